The zero-order valence-electron chi connectivity index (χ0n) is 16.0. The average Bonchev–Trinajstić information content (AvgIpc) is 2.58. The van der Waals surface area contributed by atoms with Crippen molar-refractivity contribution in [1.29, 1.82) is 0 Å². The van der Waals surface area contributed by atoms with Crippen LogP contribution in [-0.4, -0.2) is 27.3 Å². The van der Waals surface area contributed by atoms with Gasteiger partial charge < -0.3 is 13.9 Å². The summed E-state index contributed by atoms with van der Waals surface area (Å²) in [5.74, 6) is 2.70. The van der Waals surface area contributed by atoms with Gasteiger partial charge in [0.25, 0.3) is 0 Å². The molecule has 2 rings (SSSR count). The maximum Gasteiger partial charge on any atom is 0.192 e. The van der Waals surface area contributed by atoms with Crippen molar-refractivity contribution in [2.75, 3.05) is 6.61 Å². The molecule has 1 aliphatic rings. The van der Waals surface area contributed by atoms with Crippen molar-refractivity contribution in [3.63, 3.8) is 0 Å². The summed E-state index contributed by atoms with van der Waals surface area (Å²) in [4.78, 5) is 0. The molecule has 0 bridgehead atoms. The van der Waals surface area contributed by atoms with Gasteiger partial charge in [-0.2, -0.15) is 0 Å². The van der Waals surface area contributed by atoms with Crippen LogP contribution in [0.25, 0.3) is 0 Å². The van der Waals surface area contributed by atoms with Gasteiger partial charge in [0.2, 0.25) is 0 Å². The first kappa shape index (κ1) is 19.9. The van der Waals surface area contributed by atoms with Crippen LogP contribution in [0, 0.1) is 12.3 Å². The highest BCUT2D eigenvalue weighted by molar-refractivity contribution is 6.74. The summed E-state index contributed by atoms with van der Waals surface area (Å²) in [5, 5.41) is 0.190. The van der Waals surface area contributed by atoms with E-state index in [4.69, 9.17) is 20.3 Å². The second-order valence-corrected chi connectivity index (χ2v) is 12.8. The molecule has 1 aromatic rings. The second-order valence-electron chi connectivity index (χ2n) is 7.96. The normalized spacial score (nSPS) is 22.4. The molecule has 0 aliphatic carbocycles. The summed E-state index contributed by atoms with van der Waals surface area (Å²) < 4.78 is 18.3. The lowest BCUT2D eigenvalue weighted by Gasteiger charge is -2.38. The molecular formula is C21H30O3Si. The molecule has 1 aliphatic heterocycles. The lowest BCUT2D eigenvalue weighted by Crippen LogP contribution is -2.43. The summed E-state index contributed by atoms with van der Waals surface area (Å²) >= 11 is 0. The molecule has 0 amide bonds. The van der Waals surface area contributed by atoms with E-state index in [1.807, 2.05) is 36.4 Å². The number of hydrogen-bond acceptors (Lipinski definition) is 3. The zero-order chi connectivity index (χ0) is 18.5. The third kappa shape index (κ3) is 5.55. The van der Waals surface area contributed by atoms with Gasteiger partial charge in [0.1, 0.15) is 6.10 Å². The highest BCUT2D eigenvalue weighted by atomic mass is 28.4. The molecule has 3 atom stereocenters. The minimum absolute atomic E-state index is 0.00155. The quantitative estimate of drug-likeness (QED) is 0.404. The fourth-order valence-corrected chi connectivity index (χ4v) is 3.35. The predicted octanol–water partition coefficient (Wildman–Crippen LogP) is 5.07. The smallest absolute Gasteiger partial charge is 0.192 e. The zero-order valence-corrected chi connectivity index (χ0v) is 17.0. The summed E-state index contributed by atoms with van der Waals surface area (Å²) in [5.41, 5.74) is 0.960. The molecule has 3 nitrogen and oxygen atoms in total. The summed E-state index contributed by atoms with van der Waals surface area (Å²) in [7, 11) is -1.78. The highest BCUT2D eigenvalue weighted by Gasteiger charge is 2.38. The Hall–Kier alpha value is -1.38. The van der Waals surface area contributed by atoms with E-state index in [9.17, 15) is 0 Å². The van der Waals surface area contributed by atoms with Gasteiger partial charge in [-0.25, -0.2) is 0 Å². The van der Waals surface area contributed by atoms with Gasteiger partial charge in [-0.3, -0.25) is 0 Å². The lowest BCUT2D eigenvalue weighted by molar-refractivity contribution is -0.169. The third-order valence-electron chi connectivity index (χ3n) is 4.98. The standard InChI is InChI=1S/C21H30O3Si/c1-7-19(17-12-9-8-10-13-17)24-20-15-11-14-18(23-20)16-22-25(5,6)21(2,3)4/h1,8-13,15,18-20H,14,16H2,2-6H3/t18?,19?,20-/m1/s1. The van der Waals surface area contributed by atoms with Crippen LogP contribution in [0.15, 0.2) is 42.5 Å². The molecule has 1 heterocycles. The Morgan fingerprint density at radius 3 is 2.56 bits per heavy atom. The molecular weight excluding hydrogens is 328 g/mol. The Balaban J connectivity index is 1.92. The number of terminal acetylenes is 1. The number of hydrogen-bond donors (Lipinski definition) is 0. The second kappa shape index (κ2) is 8.33. The SMILES string of the molecule is C#CC(O[C@@H]1C=CCC(CO[Si](C)(C)C(C)(C)C)O1)c1ccccc1. The Labute approximate surface area is 153 Å². The monoisotopic (exact) mass is 358 g/mol. The Morgan fingerprint density at radius 1 is 1.28 bits per heavy atom. The Morgan fingerprint density at radius 2 is 1.96 bits per heavy atom. The van der Waals surface area contributed by atoms with Crippen molar-refractivity contribution in [3.05, 3.63) is 48.0 Å². The first-order chi connectivity index (χ1) is 11.7. The van der Waals surface area contributed by atoms with Gasteiger partial charge in [-0.05, 0) is 36.2 Å². The topological polar surface area (TPSA) is 27.7 Å². The molecule has 0 saturated heterocycles. The van der Waals surface area contributed by atoms with Crippen LogP contribution >= 0.6 is 0 Å². The maximum atomic E-state index is 6.28. The van der Waals surface area contributed by atoms with Gasteiger partial charge >= 0.3 is 0 Å². The van der Waals surface area contributed by atoms with Crippen LogP contribution < -0.4 is 0 Å². The molecule has 0 spiro atoms. The summed E-state index contributed by atoms with van der Waals surface area (Å²) in [6.07, 6.45) is 9.63. The lowest BCUT2D eigenvalue weighted by atomic mass is 10.1. The first-order valence-corrected chi connectivity index (χ1v) is 11.8. The molecule has 0 aromatic heterocycles. The number of benzene rings is 1. The van der Waals surface area contributed by atoms with Crippen LogP contribution in [0.4, 0.5) is 0 Å². The molecule has 1 aromatic carbocycles. The molecule has 25 heavy (non-hydrogen) atoms. The molecule has 136 valence electrons. The van der Waals surface area contributed by atoms with Gasteiger partial charge in [0, 0.05) is 0 Å². The van der Waals surface area contributed by atoms with Crippen molar-refractivity contribution >= 4 is 8.32 Å². The molecule has 4 heteroatoms. The molecule has 0 fully saturated rings. The summed E-state index contributed by atoms with van der Waals surface area (Å²) in [6, 6.07) is 9.81. The molecule has 0 radical (unpaired) electrons. The summed E-state index contributed by atoms with van der Waals surface area (Å²) in [6.45, 7) is 11.8. The van der Waals surface area contributed by atoms with Crippen molar-refractivity contribution in [2.24, 2.45) is 0 Å². The Bertz CT molecular complexity index is 610. The number of ether oxygens (including phenoxy) is 2. The molecule has 2 unspecified atom stereocenters. The largest absolute Gasteiger partial charge is 0.414 e. The average molecular weight is 359 g/mol. The van der Waals surface area contributed by atoms with E-state index in [1.165, 1.54) is 0 Å². The molecule has 0 N–H and O–H groups in total. The van der Waals surface area contributed by atoms with E-state index in [2.05, 4.69) is 45.9 Å². The van der Waals surface area contributed by atoms with Gasteiger partial charge in [0.05, 0.1) is 12.7 Å². The van der Waals surface area contributed by atoms with Crippen molar-refractivity contribution < 1.29 is 13.9 Å². The van der Waals surface area contributed by atoms with Gasteiger partial charge in [-0.1, -0.05) is 63.1 Å². The maximum absolute atomic E-state index is 6.28. The van der Waals surface area contributed by atoms with Crippen molar-refractivity contribution in [3.8, 4) is 12.3 Å². The number of rotatable bonds is 6. The van der Waals surface area contributed by atoms with Crippen molar-refractivity contribution in [1.82, 2.24) is 0 Å². The van der Waals surface area contributed by atoms with Crippen LogP contribution in [-0.2, 0) is 13.9 Å². The van der Waals surface area contributed by atoms with Crippen LogP contribution in [0.3, 0.4) is 0 Å². The minimum Gasteiger partial charge on any atom is -0.414 e. The fraction of sp³-hybridized carbons (Fsp3) is 0.524. The van der Waals surface area contributed by atoms with E-state index in [-0.39, 0.29) is 11.1 Å². The van der Waals surface area contributed by atoms with E-state index in [0.717, 1.165) is 12.0 Å². The van der Waals surface area contributed by atoms with Crippen LogP contribution in [0.1, 0.15) is 38.9 Å². The van der Waals surface area contributed by atoms with Gasteiger partial charge in [0.15, 0.2) is 14.6 Å². The van der Waals surface area contributed by atoms with E-state index in [1.54, 1.807) is 0 Å². The molecule has 0 saturated carbocycles. The van der Waals surface area contributed by atoms with Crippen LogP contribution in [0.5, 0.6) is 0 Å². The van der Waals surface area contributed by atoms with Gasteiger partial charge in [-0.15, -0.1) is 6.42 Å². The fourth-order valence-electron chi connectivity index (χ4n) is 2.31. The third-order valence-corrected chi connectivity index (χ3v) is 9.48. The van der Waals surface area contributed by atoms with E-state index in [0.29, 0.717) is 6.61 Å². The predicted molar refractivity (Wildman–Crippen MR) is 105 cm³/mol. The van der Waals surface area contributed by atoms with E-state index >= 15 is 0 Å². The minimum atomic E-state index is -1.78. The first-order valence-electron chi connectivity index (χ1n) is 8.85. The highest BCUT2D eigenvalue weighted by Crippen LogP contribution is 2.37. The van der Waals surface area contributed by atoms with E-state index < -0.39 is 20.7 Å². The van der Waals surface area contributed by atoms with Crippen LogP contribution in [0.2, 0.25) is 18.1 Å². The Kier molecular flexibility index (Phi) is 6.64. The van der Waals surface area contributed by atoms with Crippen molar-refractivity contribution in [2.45, 2.75) is 63.8 Å².